The van der Waals surface area contributed by atoms with E-state index in [-0.39, 0.29) is 36.4 Å². The van der Waals surface area contributed by atoms with Gasteiger partial charge in [-0.05, 0) is 24.1 Å². The summed E-state index contributed by atoms with van der Waals surface area (Å²) in [7, 11) is 5.09. The monoisotopic (exact) mass is 476 g/mol. The molecule has 1 aromatic carbocycles. The molecular weight excluding hydrogens is 447 g/mol. The second kappa shape index (κ2) is 11.9. The van der Waals surface area contributed by atoms with Crippen molar-refractivity contribution in [1.82, 2.24) is 15.5 Å². The molecule has 7 nitrogen and oxygen atoms in total. The van der Waals surface area contributed by atoms with Gasteiger partial charge in [-0.15, -0.1) is 24.0 Å². The van der Waals surface area contributed by atoms with Crippen molar-refractivity contribution < 1.29 is 14.3 Å². The fourth-order valence-corrected chi connectivity index (χ4v) is 2.89. The number of halogens is 1. The Morgan fingerprint density at radius 3 is 2.62 bits per heavy atom. The van der Waals surface area contributed by atoms with E-state index in [1.165, 1.54) is 0 Å². The molecule has 1 unspecified atom stereocenters. The molecule has 0 saturated carbocycles. The van der Waals surface area contributed by atoms with Gasteiger partial charge in [-0.3, -0.25) is 9.79 Å². The molecule has 1 aliphatic rings. The van der Waals surface area contributed by atoms with Gasteiger partial charge in [0.15, 0.2) is 5.96 Å². The zero-order chi connectivity index (χ0) is 18.1. The van der Waals surface area contributed by atoms with Gasteiger partial charge in [0.05, 0.1) is 20.3 Å². The van der Waals surface area contributed by atoms with E-state index in [2.05, 4.69) is 20.5 Å². The maximum absolute atomic E-state index is 12.0. The first-order chi connectivity index (χ1) is 12.2. The zero-order valence-corrected chi connectivity index (χ0v) is 18.0. The van der Waals surface area contributed by atoms with Crippen LogP contribution in [0.2, 0.25) is 0 Å². The first kappa shape index (κ1) is 22.5. The lowest BCUT2D eigenvalue weighted by molar-refractivity contribution is -0.120. The predicted molar refractivity (Wildman–Crippen MR) is 113 cm³/mol. The SMILES string of the molecule is CN=C(NCC(=O)NCc1ccc(OC)cc1)N1CCC(COC)C1.I. The number of carbonyl (C=O) groups is 1. The van der Waals surface area contributed by atoms with Crippen molar-refractivity contribution in [3.8, 4) is 5.75 Å². The summed E-state index contributed by atoms with van der Waals surface area (Å²) in [6.45, 7) is 3.29. The molecule has 8 heteroatoms. The van der Waals surface area contributed by atoms with E-state index >= 15 is 0 Å². The average Bonchev–Trinajstić information content (AvgIpc) is 3.09. The van der Waals surface area contributed by atoms with Crippen LogP contribution in [0.5, 0.6) is 5.75 Å². The number of hydrogen-bond acceptors (Lipinski definition) is 4. The van der Waals surface area contributed by atoms with Crippen LogP contribution in [0.1, 0.15) is 12.0 Å². The highest BCUT2D eigenvalue weighted by molar-refractivity contribution is 14.0. The Morgan fingerprint density at radius 2 is 2.00 bits per heavy atom. The van der Waals surface area contributed by atoms with Gasteiger partial charge in [0.25, 0.3) is 0 Å². The molecule has 146 valence electrons. The third kappa shape index (κ3) is 6.99. The molecule has 1 fully saturated rings. The van der Waals surface area contributed by atoms with Crippen LogP contribution in [0.25, 0.3) is 0 Å². The molecule has 0 aromatic heterocycles. The molecule has 0 spiro atoms. The first-order valence-electron chi connectivity index (χ1n) is 8.50. The Morgan fingerprint density at radius 1 is 1.27 bits per heavy atom. The molecule has 0 bridgehead atoms. The molecule has 1 heterocycles. The largest absolute Gasteiger partial charge is 0.497 e. The highest BCUT2D eigenvalue weighted by Crippen LogP contribution is 2.16. The lowest BCUT2D eigenvalue weighted by Gasteiger charge is -2.21. The van der Waals surface area contributed by atoms with Crippen molar-refractivity contribution in [3.05, 3.63) is 29.8 Å². The molecule has 26 heavy (non-hydrogen) atoms. The van der Waals surface area contributed by atoms with Crippen LogP contribution in [0.4, 0.5) is 0 Å². The molecule has 2 rings (SSSR count). The van der Waals surface area contributed by atoms with Crippen LogP contribution >= 0.6 is 24.0 Å². The Hall–Kier alpha value is -1.55. The molecule has 2 N–H and O–H groups in total. The van der Waals surface area contributed by atoms with E-state index in [1.807, 2.05) is 24.3 Å². The summed E-state index contributed by atoms with van der Waals surface area (Å²) < 4.78 is 10.3. The summed E-state index contributed by atoms with van der Waals surface area (Å²) in [5, 5.41) is 6.03. The molecule has 0 aliphatic carbocycles. The standard InChI is InChI=1S/C18H28N4O3.HI/c1-19-18(22-9-8-15(12-22)13-24-2)21-11-17(23)20-10-14-4-6-16(25-3)7-5-14;/h4-7,15H,8-13H2,1-3H3,(H,19,21)(H,20,23);1H. The first-order valence-corrected chi connectivity index (χ1v) is 8.50. The summed E-state index contributed by atoms with van der Waals surface area (Å²) >= 11 is 0. The van der Waals surface area contributed by atoms with Gasteiger partial charge in [-0.25, -0.2) is 0 Å². The van der Waals surface area contributed by atoms with Crippen molar-refractivity contribution >= 4 is 35.8 Å². The van der Waals surface area contributed by atoms with Gasteiger partial charge in [0.2, 0.25) is 5.91 Å². The number of guanidine groups is 1. The lowest BCUT2D eigenvalue weighted by atomic mass is 10.1. The minimum absolute atomic E-state index is 0. The highest BCUT2D eigenvalue weighted by atomic mass is 127. The van der Waals surface area contributed by atoms with Gasteiger partial charge in [-0.2, -0.15) is 0 Å². The maximum Gasteiger partial charge on any atom is 0.239 e. The fraction of sp³-hybridized carbons (Fsp3) is 0.556. The van der Waals surface area contributed by atoms with Crippen LogP contribution in [-0.2, 0) is 16.1 Å². The minimum atomic E-state index is -0.0652. The van der Waals surface area contributed by atoms with Gasteiger partial charge in [0, 0.05) is 39.7 Å². The molecule has 1 aliphatic heterocycles. The summed E-state index contributed by atoms with van der Waals surface area (Å²) in [6, 6.07) is 7.63. The van der Waals surface area contributed by atoms with E-state index in [1.54, 1.807) is 21.3 Å². The van der Waals surface area contributed by atoms with Crippen LogP contribution < -0.4 is 15.4 Å². The number of methoxy groups -OCH3 is 2. The van der Waals surface area contributed by atoms with Crippen molar-refractivity contribution in [1.29, 1.82) is 0 Å². The second-order valence-electron chi connectivity index (χ2n) is 6.08. The smallest absolute Gasteiger partial charge is 0.239 e. The predicted octanol–water partition coefficient (Wildman–Crippen LogP) is 1.47. The number of nitrogens with zero attached hydrogens (tertiary/aromatic N) is 2. The van der Waals surface area contributed by atoms with Crippen molar-refractivity contribution in [2.45, 2.75) is 13.0 Å². The van der Waals surface area contributed by atoms with Gasteiger partial charge in [0.1, 0.15) is 5.75 Å². The van der Waals surface area contributed by atoms with E-state index in [0.29, 0.717) is 12.5 Å². The zero-order valence-electron chi connectivity index (χ0n) is 15.7. The third-order valence-electron chi connectivity index (χ3n) is 4.26. The molecule has 1 amide bonds. The number of carbonyl (C=O) groups excluding carboxylic acids is 1. The van der Waals surface area contributed by atoms with Crippen LogP contribution in [-0.4, -0.2) is 64.3 Å². The summed E-state index contributed by atoms with van der Waals surface area (Å²) in [4.78, 5) is 18.5. The number of likely N-dealkylation sites (tertiary alicyclic amines) is 1. The van der Waals surface area contributed by atoms with Gasteiger partial charge in [-0.1, -0.05) is 12.1 Å². The van der Waals surface area contributed by atoms with E-state index in [4.69, 9.17) is 9.47 Å². The van der Waals surface area contributed by atoms with Crippen molar-refractivity contribution in [2.75, 3.05) is 47.5 Å². The molecular formula is C18H29IN4O3. The molecule has 1 saturated heterocycles. The van der Waals surface area contributed by atoms with E-state index < -0.39 is 0 Å². The number of ether oxygens (including phenoxy) is 2. The van der Waals surface area contributed by atoms with Crippen molar-refractivity contribution in [2.24, 2.45) is 10.9 Å². The Bertz CT molecular complexity index is 580. The van der Waals surface area contributed by atoms with Gasteiger partial charge >= 0.3 is 0 Å². The minimum Gasteiger partial charge on any atom is -0.497 e. The highest BCUT2D eigenvalue weighted by Gasteiger charge is 2.24. The quantitative estimate of drug-likeness (QED) is 0.354. The third-order valence-corrected chi connectivity index (χ3v) is 4.26. The summed E-state index contributed by atoms with van der Waals surface area (Å²) in [6.07, 6.45) is 1.08. The summed E-state index contributed by atoms with van der Waals surface area (Å²) in [5.74, 6) is 2.02. The van der Waals surface area contributed by atoms with E-state index in [9.17, 15) is 4.79 Å². The fourth-order valence-electron chi connectivity index (χ4n) is 2.89. The number of aliphatic imine (C=N–C) groups is 1. The molecule has 0 radical (unpaired) electrons. The maximum atomic E-state index is 12.0. The van der Waals surface area contributed by atoms with Crippen LogP contribution in [0, 0.1) is 5.92 Å². The normalized spacial score (nSPS) is 16.8. The topological polar surface area (TPSA) is 75.2 Å². The Labute approximate surface area is 172 Å². The van der Waals surface area contributed by atoms with E-state index in [0.717, 1.165) is 43.4 Å². The number of rotatable bonds is 7. The Balaban J connectivity index is 0.00000338. The average molecular weight is 476 g/mol. The van der Waals surface area contributed by atoms with Gasteiger partial charge < -0.3 is 25.0 Å². The second-order valence-corrected chi connectivity index (χ2v) is 6.08. The van der Waals surface area contributed by atoms with Crippen molar-refractivity contribution in [3.63, 3.8) is 0 Å². The number of nitrogens with one attached hydrogen (secondary N) is 2. The van der Waals surface area contributed by atoms with Crippen LogP contribution in [0.3, 0.4) is 0 Å². The number of benzene rings is 1. The number of amides is 1. The molecule has 1 atom stereocenters. The van der Waals surface area contributed by atoms with Crippen LogP contribution in [0.15, 0.2) is 29.3 Å². The molecule has 1 aromatic rings. The Kier molecular flexibility index (Phi) is 10.3. The summed E-state index contributed by atoms with van der Waals surface area (Å²) in [5.41, 5.74) is 1.03. The lowest BCUT2D eigenvalue weighted by Crippen LogP contribution is -2.44. The number of hydrogen-bond donors (Lipinski definition) is 2.